The molecule has 0 atom stereocenters. The lowest BCUT2D eigenvalue weighted by molar-refractivity contribution is 0.0956. The van der Waals surface area contributed by atoms with Crippen LogP contribution in [0.15, 0.2) is 54.6 Å². The van der Waals surface area contributed by atoms with Crippen LogP contribution in [0.4, 0.5) is 5.69 Å². The third kappa shape index (κ3) is 8.35. The first kappa shape index (κ1) is 22.1. The van der Waals surface area contributed by atoms with Gasteiger partial charge >= 0.3 is 0 Å². The number of benzene rings is 2. The van der Waals surface area contributed by atoms with Crippen LogP contribution < -0.4 is 5.32 Å². The molecule has 0 aliphatic carbocycles. The number of piperazine rings is 1. The Morgan fingerprint density at radius 1 is 0.793 bits per heavy atom. The molecule has 0 radical (unpaired) electrons. The summed E-state index contributed by atoms with van der Waals surface area (Å²) >= 11 is 6.14. The van der Waals surface area contributed by atoms with E-state index in [4.69, 9.17) is 16.3 Å². The summed E-state index contributed by atoms with van der Waals surface area (Å²) in [6.07, 6.45) is 3.29. The summed E-state index contributed by atoms with van der Waals surface area (Å²) in [7, 11) is 0. The molecule has 1 aliphatic rings. The van der Waals surface area contributed by atoms with Gasteiger partial charge in [-0.15, -0.1) is 0 Å². The number of halogens is 1. The van der Waals surface area contributed by atoms with Gasteiger partial charge in [0.05, 0.1) is 10.7 Å². The number of ether oxygens (including phenoxy) is 1. The average Bonchev–Trinajstić information content (AvgIpc) is 2.75. The SMILES string of the molecule is Clc1ccccc1NCCCCOCCCN1CCN(Cc2ccccc2)CC1. The molecule has 1 saturated heterocycles. The van der Waals surface area contributed by atoms with Gasteiger partial charge in [0.2, 0.25) is 0 Å². The van der Waals surface area contributed by atoms with Gasteiger partial charge in [-0.3, -0.25) is 4.90 Å². The minimum atomic E-state index is 0.782. The van der Waals surface area contributed by atoms with Crippen LogP contribution in [0.2, 0.25) is 5.02 Å². The van der Waals surface area contributed by atoms with Crippen LogP contribution in [-0.2, 0) is 11.3 Å². The predicted molar refractivity (Wildman–Crippen MR) is 123 cm³/mol. The van der Waals surface area contributed by atoms with Gasteiger partial charge in [-0.25, -0.2) is 0 Å². The monoisotopic (exact) mass is 415 g/mol. The second kappa shape index (κ2) is 12.9. The first-order valence-corrected chi connectivity index (χ1v) is 11.2. The highest BCUT2D eigenvalue weighted by atomic mass is 35.5. The third-order valence-electron chi connectivity index (χ3n) is 5.38. The highest BCUT2D eigenvalue weighted by Crippen LogP contribution is 2.20. The summed E-state index contributed by atoms with van der Waals surface area (Å²) < 4.78 is 5.81. The van der Waals surface area contributed by atoms with E-state index in [1.54, 1.807) is 0 Å². The third-order valence-corrected chi connectivity index (χ3v) is 5.71. The molecule has 5 heteroatoms. The van der Waals surface area contributed by atoms with Crippen molar-refractivity contribution < 1.29 is 4.74 Å². The Morgan fingerprint density at radius 2 is 1.48 bits per heavy atom. The molecular formula is C24H34ClN3O. The molecule has 0 amide bonds. The van der Waals surface area contributed by atoms with Crippen molar-refractivity contribution >= 4 is 17.3 Å². The lowest BCUT2D eigenvalue weighted by atomic mass is 10.2. The molecule has 0 saturated carbocycles. The zero-order valence-corrected chi connectivity index (χ0v) is 18.1. The van der Waals surface area contributed by atoms with E-state index in [1.165, 1.54) is 18.7 Å². The Kier molecular flexibility index (Phi) is 9.80. The molecule has 158 valence electrons. The van der Waals surface area contributed by atoms with Crippen molar-refractivity contribution in [2.24, 2.45) is 0 Å². The van der Waals surface area contributed by atoms with Crippen LogP contribution in [0.5, 0.6) is 0 Å². The Labute approximate surface area is 180 Å². The maximum Gasteiger partial charge on any atom is 0.0637 e. The van der Waals surface area contributed by atoms with E-state index >= 15 is 0 Å². The molecule has 1 heterocycles. The Balaban J connectivity index is 1.14. The van der Waals surface area contributed by atoms with E-state index < -0.39 is 0 Å². The molecule has 0 spiro atoms. The number of para-hydroxylation sites is 1. The molecule has 29 heavy (non-hydrogen) atoms. The van der Waals surface area contributed by atoms with Crippen LogP contribution in [0.1, 0.15) is 24.8 Å². The fourth-order valence-electron chi connectivity index (χ4n) is 3.66. The highest BCUT2D eigenvalue weighted by molar-refractivity contribution is 6.33. The van der Waals surface area contributed by atoms with Crippen LogP contribution >= 0.6 is 11.6 Å². The minimum absolute atomic E-state index is 0.782. The summed E-state index contributed by atoms with van der Waals surface area (Å²) in [6, 6.07) is 18.7. The van der Waals surface area contributed by atoms with Gasteiger partial charge in [0.25, 0.3) is 0 Å². The molecule has 4 nitrogen and oxygen atoms in total. The van der Waals surface area contributed by atoms with E-state index in [2.05, 4.69) is 45.4 Å². The maximum absolute atomic E-state index is 6.14. The standard InChI is InChI=1S/C24H34ClN3O/c25-23-11-4-5-12-24(23)26-13-6-7-19-29-20-8-14-27-15-17-28(18-16-27)21-22-9-2-1-3-10-22/h1-5,9-12,26H,6-8,13-21H2. The quantitative estimate of drug-likeness (QED) is 0.506. The number of anilines is 1. The van der Waals surface area contributed by atoms with Gasteiger partial charge in [-0.05, 0) is 37.0 Å². The van der Waals surface area contributed by atoms with Crippen molar-refractivity contribution in [3.63, 3.8) is 0 Å². The number of unbranched alkanes of at least 4 members (excludes halogenated alkanes) is 1. The van der Waals surface area contributed by atoms with Gasteiger partial charge in [-0.1, -0.05) is 54.1 Å². The number of nitrogens with zero attached hydrogens (tertiary/aromatic N) is 2. The lowest BCUT2D eigenvalue weighted by Gasteiger charge is -2.34. The number of hydrogen-bond acceptors (Lipinski definition) is 4. The fraction of sp³-hybridized carbons (Fsp3) is 0.500. The number of rotatable bonds is 12. The molecule has 0 unspecified atom stereocenters. The van der Waals surface area contributed by atoms with Crippen LogP contribution in [0.3, 0.4) is 0 Å². The summed E-state index contributed by atoms with van der Waals surface area (Å²) in [6.45, 7) is 9.51. The number of nitrogens with one attached hydrogen (secondary N) is 1. The molecule has 1 N–H and O–H groups in total. The van der Waals surface area contributed by atoms with Crippen molar-refractivity contribution in [1.29, 1.82) is 0 Å². The highest BCUT2D eigenvalue weighted by Gasteiger charge is 2.16. The van der Waals surface area contributed by atoms with Crippen LogP contribution in [-0.4, -0.2) is 62.3 Å². The van der Waals surface area contributed by atoms with Crippen molar-refractivity contribution in [3.05, 3.63) is 65.2 Å². The first-order chi connectivity index (χ1) is 14.3. The normalized spacial score (nSPS) is 15.5. The molecule has 2 aromatic carbocycles. The second-order valence-corrected chi connectivity index (χ2v) is 8.09. The largest absolute Gasteiger partial charge is 0.384 e. The van der Waals surface area contributed by atoms with Gasteiger partial charge < -0.3 is 15.0 Å². The van der Waals surface area contributed by atoms with E-state index in [0.717, 1.165) is 75.9 Å². The fourth-order valence-corrected chi connectivity index (χ4v) is 3.86. The molecule has 3 rings (SSSR count). The topological polar surface area (TPSA) is 27.7 Å². The molecule has 0 aromatic heterocycles. The number of hydrogen-bond donors (Lipinski definition) is 1. The molecule has 0 bridgehead atoms. The van der Waals surface area contributed by atoms with Gasteiger partial charge in [0, 0.05) is 59.0 Å². The summed E-state index contributed by atoms with van der Waals surface area (Å²) in [4.78, 5) is 5.12. The van der Waals surface area contributed by atoms with Gasteiger partial charge in [0.15, 0.2) is 0 Å². The van der Waals surface area contributed by atoms with E-state index in [0.29, 0.717) is 0 Å². The summed E-state index contributed by atoms with van der Waals surface area (Å²) in [5.74, 6) is 0. The van der Waals surface area contributed by atoms with Crippen LogP contribution in [0, 0.1) is 0 Å². The summed E-state index contributed by atoms with van der Waals surface area (Å²) in [5, 5.41) is 4.16. The second-order valence-electron chi connectivity index (χ2n) is 7.68. The smallest absolute Gasteiger partial charge is 0.0637 e. The molecule has 2 aromatic rings. The molecule has 1 aliphatic heterocycles. The lowest BCUT2D eigenvalue weighted by Crippen LogP contribution is -2.46. The summed E-state index contributed by atoms with van der Waals surface area (Å²) in [5.41, 5.74) is 2.43. The predicted octanol–water partition coefficient (Wildman–Crippen LogP) is 4.76. The van der Waals surface area contributed by atoms with Gasteiger partial charge in [-0.2, -0.15) is 0 Å². The van der Waals surface area contributed by atoms with E-state index in [9.17, 15) is 0 Å². The Hall–Kier alpha value is -1.59. The zero-order valence-electron chi connectivity index (χ0n) is 17.4. The van der Waals surface area contributed by atoms with Crippen molar-refractivity contribution in [2.45, 2.75) is 25.8 Å². The van der Waals surface area contributed by atoms with Gasteiger partial charge in [0.1, 0.15) is 0 Å². The van der Waals surface area contributed by atoms with Crippen molar-refractivity contribution in [3.8, 4) is 0 Å². The first-order valence-electron chi connectivity index (χ1n) is 10.9. The van der Waals surface area contributed by atoms with Crippen LogP contribution in [0.25, 0.3) is 0 Å². The Bertz CT molecular complexity index is 690. The maximum atomic E-state index is 6.14. The van der Waals surface area contributed by atoms with Crippen molar-refractivity contribution in [1.82, 2.24) is 9.80 Å². The Morgan fingerprint density at radius 3 is 2.28 bits per heavy atom. The molecular weight excluding hydrogens is 382 g/mol. The van der Waals surface area contributed by atoms with E-state index in [-0.39, 0.29) is 0 Å². The minimum Gasteiger partial charge on any atom is -0.384 e. The van der Waals surface area contributed by atoms with E-state index in [1.807, 2.05) is 24.3 Å². The van der Waals surface area contributed by atoms with Crippen molar-refractivity contribution in [2.75, 3.05) is 57.8 Å². The average molecular weight is 416 g/mol. The molecule has 1 fully saturated rings. The zero-order chi connectivity index (χ0) is 20.2.